The highest BCUT2D eigenvalue weighted by molar-refractivity contribution is 5.81. The van der Waals surface area contributed by atoms with E-state index in [4.69, 9.17) is 10.5 Å². The van der Waals surface area contributed by atoms with Crippen LogP contribution >= 0.6 is 0 Å². The van der Waals surface area contributed by atoms with Crippen LogP contribution in [0.4, 0.5) is 0 Å². The lowest BCUT2D eigenvalue weighted by Crippen LogP contribution is -2.51. The van der Waals surface area contributed by atoms with Crippen molar-refractivity contribution in [3.8, 4) is 0 Å². The number of hydrogen-bond donors (Lipinski definition) is 3. The van der Waals surface area contributed by atoms with Crippen LogP contribution in [0.5, 0.6) is 0 Å². The van der Waals surface area contributed by atoms with Crippen molar-refractivity contribution in [2.75, 3.05) is 13.2 Å². The van der Waals surface area contributed by atoms with Gasteiger partial charge in [0.25, 0.3) is 0 Å². The molecule has 94 valence electrons. The zero-order valence-corrected chi connectivity index (χ0v) is 10.0. The molecule has 0 aromatic rings. The summed E-state index contributed by atoms with van der Waals surface area (Å²) >= 11 is 0. The molecule has 1 aliphatic rings. The van der Waals surface area contributed by atoms with E-state index >= 15 is 0 Å². The molecular formula is C11H22N2O3. The Balaban J connectivity index is 2.36. The van der Waals surface area contributed by atoms with Gasteiger partial charge in [-0.1, -0.05) is 13.3 Å². The monoisotopic (exact) mass is 230 g/mol. The fourth-order valence-electron chi connectivity index (χ4n) is 1.82. The predicted molar refractivity (Wildman–Crippen MR) is 60.9 cm³/mol. The van der Waals surface area contributed by atoms with E-state index in [9.17, 15) is 9.90 Å². The van der Waals surface area contributed by atoms with Crippen molar-refractivity contribution < 1.29 is 14.6 Å². The van der Waals surface area contributed by atoms with Crippen LogP contribution in [0.15, 0.2) is 0 Å². The molecule has 1 fully saturated rings. The second kappa shape index (κ2) is 5.61. The van der Waals surface area contributed by atoms with E-state index in [0.717, 1.165) is 6.42 Å². The minimum Gasteiger partial charge on any atom is -0.385 e. The maximum atomic E-state index is 11.6. The zero-order valence-electron chi connectivity index (χ0n) is 10.0. The van der Waals surface area contributed by atoms with Crippen LogP contribution < -0.4 is 11.1 Å². The molecule has 4 N–H and O–H groups in total. The number of carbonyl (C=O) groups excluding carboxylic acids is 1. The molecule has 5 heteroatoms. The second-order valence-electron chi connectivity index (χ2n) is 4.48. The number of aliphatic hydroxyl groups is 1. The zero-order chi connectivity index (χ0) is 12.2. The maximum Gasteiger partial charge on any atom is 0.237 e. The van der Waals surface area contributed by atoms with Gasteiger partial charge in [-0.3, -0.25) is 4.79 Å². The fraction of sp³-hybridized carbons (Fsp3) is 0.909. The number of rotatable bonds is 5. The summed E-state index contributed by atoms with van der Waals surface area (Å²) in [5.41, 5.74) is 4.72. The highest BCUT2D eigenvalue weighted by atomic mass is 16.5. The predicted octanol–water partition coefficient (Wildman–Crippen LogP) is -0.230. The molecule has 1 aliphatic heterocycles. The van der Waals surface area contributed by atoms with Gasteiger partial charge in [-0.05, 0) is 13.3 Å². The van der Waals surface area contributed by atoms with Gasteiger partial charge >= 0.3 is 0 Å². The molecule has 0 spiro atoms. The van der Waals surface area contributed by atoms with E-state index in [2.05, 4.69) is 5.32 Å². The molecular weight excluding hydrogens is 208 g/mol. The van der Waals surface area contributed by atoms with Crippen molar-refractivity contribution >= 4 is 5.91 Å². The van der Waals surface area contributed by atoms with Crippen LogP contribution in [-0.4, -0.2) is 41.9 Å². The molecule has 0 bridgehead atoms. The van der Waals surface area contributed by atoms with Crippen molar-refractivity contribution in [2.24, 2.45) is 5.73 Å². The van der Waals surface area contributed by atoms with E-state index < -0.39 is 11.6 Å². The molecule has 1 saturated heterocycles. The van der Waals surface area contributed by atoms with E-state index in [0.29, 0.717) is 19.4 Å². The Hall–Kier alpha value is -0.650. The van der Waals surface area contributed by atoms with Crippen LogP contribution in [0.3, 0.4) is 0 Å². The lowest BCUT2D eigenvalue weighted by atomic mass is 9.96. The van der Waals surface area contributed by atoms with Gasteiger partial charge in [0, 0.05) is 19.6 Å². The normalized spacial score (nSPS) is 31.4. The second-order valence-corrected chi connectivity index (χ2v) is 4.48. The Bertz CT molecular complexity index is 247. The molecule has 3 atom stereocenters. The summed E-state index contributed by atoms with van der Waals surface area (Å²) in [7, 11) is 0. The molecule has 2 unspecified atom stereocenters. The summed E-state index contributed by atoms with van der Waals surface area (Å²) in [5, 5.41) is 12.8. The average molecular weight is 230 g/mol. The number of hydrogen-bond acceptors (Lipinski definition) is 4. The van der Waals surface area contributed by atoms with E-state index in [1.54, 1.807) is 0 Å². The number of carbonyl (C=O) groups is 1. The third-order valence-electron chi connectivity index (χ3n) is 3.16. The Morgan fingerprint density at radius 2 is 2.44 bits per heavy atom. The van der Waals surface area contributed by atoms with Crippen LogP contribution in [0.1, 0.15) is 33.1 Å². The summed E-state index contributed by atoms with van der Waals surface area (Å²) in [6, 6.07) is -0.480. The SMILES string of the molecule is CCC[C@@H](N)C(=O)NCC1(O)CCOC1C. The van der Waals surface area contributed by atoms with Crippen LogP contribution in [0.25, 0.3) is 0 Å². The van der Waals surface area contributed by atoms with Gasteiger partial charge in [0.1, 0.15) is 5.60 Å². The lowest BCUT2D eigenvalue weighted by Gasteiger charge is -2.26. The summed E-state index contributed by atoms with van der Waals surface area (Å²) in [4.78, 5) is 11.6. The minimum atomic E-state index is -0.943. The Morgan fingerprint density at radius 3 is 2.94 bits per heavy atom. The smallest absolute Gasteiger partial charge is 0.237 e. The first-order valence-corrected chi connectivity index (χ1v) is 5.87. The first-order chi connectivity index (χ1) is 7.49. The maximum absolute atomic E-state index is 11.6. The van der Waals surface area contributed by atoms with Crippen molar-refractivity contribution in [1.82, 2.24) is 5.32 Å². The van der Waals surface area contributed by atoms with Crippen molar-refractivity contribution in [1.29, 1.82) is 0 Å². The van der Waals surface area contributed by atoms with Gasteiger partial charge in [-0.2, -0.15) is 0 Å². The minimum absolute atomic E-state index is 0.200. The number of amides is 1. The first kappa shape index (κ1) is 13.4. The molecule has 1 heterocycles. The van der Waals surface area contributed by atoms with Gasteiger partial charge in [0.2, 0.25) is 5.91 Å². The Kier molecular flexibility index (Phi) is 4.70. The highest BCUT2D eigenvalue weighted by Gasteiger charge is 2.39. The molecule has 1 amide bonds. The number of nitrogens with two attached hydrogens (primary N) is 1. The van der Waals surface area contributed by atoms with Crippen molar-refractivity contribution in [2.45, 2.75) is 50.9 Å². The van der Waals surface area contributed by atoms with Crippen LogP contribution in [-0.2, 0) is 9.53 Å². The van der Waals surface area contributed by atoms with Crippen molar-refractivity contribution in [3.05, 3.63) is 0 Å². The topological polar surface area (TPSA) is 84.6 Å². The molecule has 0 saturated carbocycles. The number of nitrogens with one attached hydrogen (secondary N) is 1. The van der Waals surface area contributed by atoms with E-state index in [-0.39, 0.29) is 18.6 Å². The quantitative estimate of drug-likeness (QED) is 0.609. The average Bonchev–Trinajstić information content (AvgIpc) is 2.57. The third-order valence-corrected chi connectivity index (χ3v) is 3.16. The molecule has 5 nitrogen and oxygen atoms in total. The summed E-state index contributed by atoms with van der Waals surface area (Å²) in [5.74, 6) is -0.200. The van der Waals surface area contributed by atoms with Crippen LogP contribution in [0, 0.1) is 0 Å². The fourth-order valence-corrected chi connectivity index (χ4v) is 1.82. The molecule has 0 aromatic carbocycles. The summed E-state index contributed by atoms with van der Waals surface area (Å²) in [6.07, 6.45) is 1.85. The molecule has 1 rings (SSSR count). The highest BCUT2D eigenvalue weighted by Crippen LogP contribution is 2.24. The van der Waals surface area contributed by atoms with Gasteiger partial charge in [-0.25, -0.2) is 0 Å². The summed E-state index contributed by atoms with van der Waals surface area (Å²) < 4.78 is 5.28. The molecule has 0 aromatic heterocycles. The van der Waals surface area contributed by atoms with E-state index in [1.165, 1.54) is 0 Å². The van der Waals surface area contributed by atoms with Gasteiger partial charge in [-0.15, -0.1) is 0 Å². The largest absolute Gasteiger partial charge is 0.385 e. The number of ether oxygens (including phenoxy) is 1. The van der Waals surface area contributed by atoms with Gasteiger partial charge in [0.05, 0.1) is 12.1 Å². The molecule has 0 radical (unpaired) electrons. The standard InChI is InChI=1S/C11H22N2O3/c1-3-4-9(12)10(14)13-7-11(15)5-6-16-8(11)2/h8-9,15H,3-7,12H2,1-2H3,(H,13,14)/t8?,9-,11?/m1/s1. The third kappa shape index (κ3) is 3.17. The molecule has 0 aliphatic carbocycles. The Morgan fingerprint density at radius 1 is 1.75 bits per heavy atom. The first-order valence-electron chi connectivity index (χ1n) is 5.87. The summed E-state index contributed by atoms with van der Waals surface area (Å²) in [6.45, 7) is 4.54. The Labute approximate surface area is 96.3 Å². The van der Waals surface area contributed by atoms with Gasteiger partial charge in [0.15, 0.2) is 0 Å². The van der Waals surface area contributed by atoms with Gasteiger partial charge < -0.3 is 20.9 Å². The van der Waals surface area contributed by atoms with Crippen LogP contribution in [0.2, 0.25) is 0 Å². The van der Waals surface area contributed by atoms with E-state index in [1.807, 2.05) is 13.8 Å². The lowest BCUT2D eigenvalue weighted by molar-refractivity contribution is -0.124. The van der Waals surface area contributed by atoms with Crippen molar-refractivity contribution in [3.63, 3.8) is 0 Å². The molecule has 16 heavy (non-hydrogen) atoms.